The number of nitrogens with one attached hydrogen (secondary N) is 1. The minimum Gasteiger partial charge on any atom is -0.273 e. The van der Waals surface area contributed by atoms with Crippen molar-refractivity contribution in [3.8, 4) is 6.07 Å². The summed E-state index contributed by atoms with van der Waals surface area (Å²) in [4.78, 5) is 11.3. The topological polar surface area (TPSA) is 74.5 Å². The summed E-state index contributed by atoms with van der Waals surface area (Å²) >= 11 is 1.41. The largest absolute Gasteiger partial charge is 0.343 e. The molecule has 0 aliphatic carbocycles. The summed E-state index contributed by atoms with van der Waals surface area (Å²) in [5.41, 5.74) is 0.806. The molecule has 0 radical (unpaired) electrons. The lowest BCUT2D eigenvalue weighted by atomic mass is 10.1. The summed E-state index contributed by atoms with van der Waals surface area (Å²) in [6.07, 6.45) is 0.371. The van der Waals surface area contributed by atoms with Crippen molar-refractivity contribution < 1.29 is 0 Å². The highest BCUT2D eigenvalue weighted by Crippen LogP contribution is 2.35. The molecule has 0 aliphatic rings. The Balaban J connectivity index is 2.25. The second-order valence-electron chi connectivity index (χ2n) is 3.75. The zero-order chi connectivity index (χ0) is 13.0. The van der Waals surface area contributed by atoms with Crippen molar-refractivity contribution in [1.29, 1.82) is 5.26 Å². The molecule has 1 atom stereocenters. The first-order chi connectivity index (χ1) is 8.72. The van der Waals surface area contributed by atoms with E-state index < -0.39 is 0 Å². The van der Waals surface area contributed by atoms with Crippen molar-refractivity contribution >= 4 is 11.8 Å². The third-order valence-corrected chi connectivity index (χ3v) is 3.83. The van der Waals surface area contributed by atoms with Gasteiger partial charge in [0.15, 0.2) is 5.16 Å². The summed E-state index contributed by atoms with van der Waals surface area (Å²) < 4.78 is 1.44. The molecule has 2 aromatic rings. The van der Waals surface area contributed by atoms with Crippen LogP contribution >= 0.6 is 11.8 Å². The molecule has 6 heteroatoms. The second kappa shape index (κ2) is 5.56. The Kier molecular flexibility index (Phi) is 3.85. The standard InChI is InChI=1S/C12H12N4OS/c1-16-11(17)14-15-12(16)18-10(7-8-13)9-5-3-2-4-6-9/h2-6,10H,7H2,1H3,(H,14,17). The zero-order valence-corrected chi connectivity index (χ0v) is 10.6. The molecular formula is C12H12N4OS. The SMILES string of the molecule is Cn1c(SC(CC#N)c2ccccc2)n[nH]c1=O. The Hall–Kier alpha value is -2.00. The van der Waals surface area contributed by atoms with E-state index in [1.54, 1.807) is 7.05 Å². The lowest BCUT2D eigenvalue weighted by Crippen LogP contribution is -2.13. The Labute approximate surface area is 108 Å². The summed E-state index contributed by atoms with van der Waals surface area (Å²) in [6.45, 7) is 0. The number of hydrogen-bond acceptors (Lipinski definition) is 4. The highest BCUT2D eigenvalue weighted by Gasteiger charge is 2.16. The minimum absolute atomic E-state index is 0.0231. The molecule has 0 amide bonds. The van der Waals surface area contributed by atoms with E-state index in [1.165, 1.54) is 16.3 Å². The number of nitriles is 1. The molecule has 0 spiro atoms. The minimum atomic E-state index is -0.249. The molecule has 1 unspecified atom stereocenters. The molecule has 0 aliphatic heterocycles. The molecule has 1 N–H and O–H groups in total. The molecule has 0 saturated carbocycles. The van der Waals surface area contributed by atoms with Gasteiger partial charge in [-0.25, -0.2) is 9.89 Å². The Morgan fingerprint density at radius 1 is 1.50 bits per heavy atom. The smallest absolute Gasteiger partial charge is 0.273 e. The van der Waals surface area contributed by atoms with E-state index in [1.807, 2.05) is 30.3 Å². The van der Waals surface area contributed by atoms with E-state index in [0.717, 1.165) is 5.56 Å². The van der Waals surface area contributed by atoms with Gasteiger partial charge in [-0.05, 0) is 5.56 Å². The highest BCUT2D eigenvalue weighted by atomic mass is 32.2. The predicted octanol–water partition coefficient (Wildman–Crippen LogP) is 1.86. The first kappa shape index (κ1) is 12.5. The van der Waals surface area contributed by atoms with Crippen LogP contribution in [0, 0.1) is 11.3 Å². The van der Waals surface area contributed by atoms with Gasteiger partial charge in [-0.2, -0.15) is 5.26 Å². The first-order valence-electron chi connectivity index (χ1n) is 5.42. The first-order valence-corrected chi connectivity index (χ1v) is 6.30. The monoisotopic (exact) mass is 260 g/mol. The fourth-order valence-electron chi connectivity index (χ4n) is 1.54. The molecule has 5 nitrogen and oxygen atoms in total. The number of thioether (sulfide) groups is 1. The van der Waals surface area contributed by atoms with E-state index >= 15 is 0 Å². The lowest BCUT2D eigenvalue weighted by Gasteiger charge is -2.12. The molecule has 0 fully saturated rings. The van der Waals surface area contributed by atoms with Crippen LogP contribution in [0.15, 0.2) is 40.3 Å². The van der Waals surface area contributed by atoms with Crippen LogP contribution in [0.25, 0.3) is 0 Å². The quantitative estimate of drug-likeness (QED) is 0.851. The van der Waals surface area contributed by atoms with E-state index in [4.69, 9.17) is 5.26 Å². The van der Waals surface area contributed by atoms with E-state index in [0.29, 0.717) is 11.6 Å². The van der Waals surface area contributed by atoms with Crippen LogP contribution < -0.4 is 5.69 Å². The number of rotatable bonds is 4. The number of H-pyrrole nitrogens is 1. The number of benzene rings is 1. The van der Waals surface area contributed by atoms with Crippen LogP contribution in [-0.4, -0.2) is 14.8 Å². The van der Waals surface area contributed by atoms with E-state index in [9.17, 15) is 4.79 Å². The maximum Gasteiger partial charge on any atom is 0.343 e. The maximum atomic E-state index is 11.3. The average Bonchev–Trinajstić information content (AvgIpc) is 2.71. The molecule has 92 valence electrons. The Morgan fingerprint density at radius 3 is 2.78 bits per heavy atom. The van der Waals surface area contributed by atoms with Gasteiger partial charge in [-0.15, -0.1) is 5.10 Å². The van der Waals surface area contributed by atoms with Gasteiger partial charge >= 0.3 is 5.69 Å². The molecule has 0 saturated heterocycles. The molecule has 1 aromatic heterocycles. The lowest BCUT2D eigenvalue weighted by molar-refractivity contribution is 0.761. The van der Waals surface area contributed by atoms with Crippen molar-refractivity contribution in [1.82, 2.24) is 14.8 Å². The van der Waals surface area contributed by atoms with Crippen LogP contribution in [0.3, 0.4) is 0 Å². The third kappa shape index (κ3) is 2.63. The second-order valence-corrected chi connectivity index (χ2v) is 4.92. The Morgan fingerprint density at radius 2 is 2.22 bits per heavy atom. The maximum absolute atomic E-state index is 11.3. The zero-order valence-electron chi connectivity index (χ0n) is 9.83. The van der Waals surface area contributed by atoms with Crippen LogP contribution in [0.1, 0.15) is 17.2 Å². The highest BCUT2D eigenvalue weighted by molar-refractivity contribution is 7.99. The number of hydrogen-bond donors (Lipinski definition) is 1. The number of nitrogens with zero attached hydrogens (tertiary/aromatic N) is 3. The summed E-state index contributed by atoms with van der Waals surface area (Å²) in [6, 6.07) is 11.9. The van der Waals surface area contributed by atoms with Gasteiger partial charge in [0.2, 0.25) is 0 Å². The van der Waals surface area contributed by atoms with Crippen LogP contribution in [0.5, 0.6) is 0 Å². The van der Waals surface area contributed by atoms with Crippen molar-refractivity contribution in [3.05, 3.63) is 46.4 Å². The van der Waals surface area contributed by atoms with Crippen LogP contribution in [-0.2, 0) is 7.05 Å². The predicted molar refractivity (Wildman–Crippen MR) is 69.1 cm³/mol. The van der Waals surface area contributed by atoms with Gasteiger partial charge < -0.3 is 0 Å². The number of aromatic nitrogens is 3. The third-order valence-electron chi connectivity index (χ3n) is 2.53. The molecule has 1 aromatic carbocycles. The number of aromatic amines is 1. The van der Waals surface area contributed by atoms with E-state index in [-0.39, 0.29) is 10.9 Å². The molecule has 18 heavy (non-hydrogen) atoms. The average molecular weight is 260 g/mol. The van der Waals surface area contributed by atoms with Crippen molar-refractivity contribution in [3.63, 3.8) is 0 Å². The molecule has 1 heterocycles. The summed E-state index contributed by atoms with van der Waals surface area (Å²) in [5, 5.41) is 15.8. The Bertz CT molecular complexity index is 611. The van der Waals surface area contributed by atoms with Crippen LogP contribution in [0.4, 0.5) is 0 Å². The normalized spacial score (nSPS) is 12.0. The molecular weight excluding hydrogens is 248 g/mol. The fraction of sp³-hybridized carbons (Fsp3) is 0.250. The van der Waals surface area contributed by atoms with Gasteiger partial charge in [0, 0.05) is 7.05 Å². The summed E-state index contributed by atoms with van der Waals surface area (Å²) in [7, 11) is 1.66. The summed E-state index contributed by atoms with van der Waals surface area (Å²) in [5.74, 6) is 0. The molecule has 0 bridgehead atoms. The van der Waals surface area contributed by atoms with Crippen molar-refractivity contribution in [2.24, 2.45) is 7.05 Å². The van der Waals surface area contributed by atoms with E-state index in [2.05, 4.69) is 16.3 Å². The van der Waals surface area contributed by atoms with Crippen molar-refractivity contribution in [2.45, 2.75) is 16.8 Å². The van der Waals surface area contributed by atoms with Gasteiger partial charge in [0.1, 0.15) is 0 Å². The van der Waals surface area contributed by atoms with Crippen LogP contribution in [0.2, 0.25) is 0 Å². The fourth-order valence-corrected chi connectivity index (χ4v) is 2.59. The van der Waals surface area contributed by atoms with Crippen molar-refractivity contribution in [2.75, 3.05) is 0 Å². The molecule has 2 rings (SSSR count). The van der Waals surface area contributed by atoms with Gasteiger partial charge in [0.25, 0.3) is 0 Å². The van der Waals surface area contributed by atoms with Gasteiger partial charge in [0.05, 0.1) is 17.7 Å². The van der Waals surface area contributed by atoms with Gasteiger partial charge in [-0.3, -0.25) is 4.57 Å². The van der Waals surface area contributed by atoms with Gasteiger partial charge in [-0.1, -0.05) is 42.1 Å².